The monoisotopic (exact) mass is 268 g/mol. The zero-order chi connectivity index (χ0) is 13.0. The fourth-order valence-corrected chi connectivity index (χ4v) is 2.20. The number of benzene rings is 1. The van der Waals surface area contributed by atoms with Crippen LogP contribution in [-0.2, 0) is 20.9 Å². The van der Waals surface area contributed by atoms with Gasteiger partial charge in [0.2, 0.25) is 0 Å². The molecule has 6 nitrogen and oxygen atoms in total. The number of nitrogens with zero attached hydrogens (tertiary/aromatic N) is 1. The first-order valence-electron chi connectivity index (χ1n) is 5.14. The molecule has 0 saturated heterocycles. The first kappa shape index (κ1) is 12.6. The number of H-pyrrole nitrogens is 1. The minimum atomic E-state index is -3.86. The highest BCUT2D eigenvalue weighted by atomic mass is 32.2. The maximum absolute atomic E-state index is 11.7. The van der Waals surface area contributed by atoms with E-state index in [2.05, 4.69) is 9.97 Å². The zero-order valence-electron chi connectivity index (χ0n) is 9.66. The molecule has 1 N–H and O–H groups in total. The van der Waals surface area contributed by atoms with Crippen molar-refractivity contribution >= 4 is 10.1 Å². The predicted octanol–water partition coefficient (Wildman–Crippen LogP) is 1.32. The molecule has 0 saturated carbocycles. The van der Waals surface area contributed by atoms with Gasteiger partial charge in [0, 0.05) is 18.0 Å². The van der Waals surface area contributed by atoms with Crippen LogP contribution in [0.4, 0.5) is 0 Å². The number of rotatable bonds is 5. The number of nitrogens with one attached hydrogen (secondary N) is 1. The highest BCUT2D eigenvalue weighted by Crippen LogP contribution is 2.19. The Hall–Kier alpha value is -1.86. The molecule has 1 aromatic heterocycles. The Morgan fingerprint density at radius 3 is 2.78 bits per heavy atom. The molecule has 0 aliphatic rings. The van der Waals surface area contributed by atoms with E-state index < -0.39 is 10.1 Å². The van der Waals surface area contributed by atoms with E-state index in [1.165, 1.54) is 19.5 Å². The first-order chi connectivity index (χ1) is 8.63. The second kappa shape index (κ2) is 5.19. The van der Waals surface area contributed by atoms with Gasteiger partial charge < -0.3 is 9.72 Å². The lowest BCUT2D eigenvalue weighted by Gasteiger charge is -2.07. The number of hydrogen-bond acceptors (Lipinski definition) is 5. The molecule has 1 heterocycles. The molecule has 2 aromatic rings. The van der Waals surface area contributed by atoms with E-state index in [0.717, 1.165) is 0 Å². The number of hydrogen-bond donors (Lipinski definition) is 1. The minimum absolute atomic E-state index is 0.104. The lowest BCUT2D eigenvalue weighted by atomic mass is 10.2. The molecule has 0 atom stereocenters. The predicted molar refractivity (Wildman–Crippen MR) is 63.6 cm³/mol. The van der Waals surface area contributed by atoms with Crippen LogP contribution in [0, 0.1) is 0 Å². The van der Waals surface area contributed by atoms with Crippen LogP contribution >= 0.6 is 0 Å². The van der Waals surface area contributed by atoms with E-state index in [9.17, 15) is 8.42 Å². The van der Waals surface area contributed by atoms with Crippen LogP contribution in [-0.4, -0.2) is 25.5 Å². The van der Waals surface area contributed by atoms with Crippen molar-refractivity contribution in [3.63, 3.8) is 0 Å². The molecule has 0 unspecified atom stereocenters. The number of imidazole rings is 1. The maximum Gasteiger partial charge on any atom is 0.331 e. The van der Waals surface area contributed by atoms with Crippen molar-refractivity contribution in [3.05, 3.63) is 42.2 Å². The summed E-state index contributed by atoms with van der Waals surface area (Å²) in [4.78, 5) is 6.13. The van der Waals surface area contributed by atoms with Gasteiger partial charge in [-0.3, -0.25) is 4.18 Å². The van der Waals surface area contributed by atoms with Gasteiger partial charge >= 0.3 is 10.1 Å². The van der Waals surface area contributed by atoms with Crippen LogP contribution in [0.2, 0.25) is 0 Å². The second-order valence-electron chi connectivity index (χ2n) is 3.42. The number of para-hydroxylation sites is 1. The molecule has 1 aromatic carbocycles. The Kier molecular flexibility index (Phi) is 3.63. The Morgan fingerprint density at radius 2 is 2.11 bits per heavy atom. The largest absolute Gasteiger partial charge is 0.496 e. The summed E-state index contributed by atoms with van der Waals surface area (Å²) in [7, 11) is -2.35. The maximum atomic E-state index is 11.7. The SMILES string of the molecule is COc1ccccc1COS(=O)(=O)c1ncc[nH]1. The molecule has 0 bridgehead atoms. The van der Waals surface area contributed by atoms with Crippen LogP contribution in [0.1, 0.15) is 5.56 Å². The van der Waals surface area contributed by atoms with Crippen molar-refractivity contribution in [1.82, 2.24) is 9.97 Å². The summed E-state index contributed by atoms with van der Waals surface area (Å²) in [5.41, 5.74) is 0.648. The average molecular weight is 268 g/mol. The number of methoxy groups -OCH3 is 1. The summed E-state index contributed by atoms with van der Waals surface area (Å²) < 4.78 is 33.4. The summed E-state index contributed by atoms with van der Waals surface area (Å²) in [6.45, 7) is -0.104. The van der Waals surface area contributed by atoms with Gasteiger partial charge in [-0.2, -0.15) is 8.42 Å². The van der Waals surface area contributed by atoms with E-state index in [-0.39, 0.29) is 11.8 Å². The van der Waals surface area contributed by atoms with Crippen molar-refractivity contribution in [2.75, 3.05) is 7.11 Å². The fourth-order valence-electron chi connectivity index (χ4n) is 1.41. The fraction of sp³-hybridized carbons (Fsp3) is 0.182. The summed E-state index contributed by atoms with van der Waals surface area (Å²) in [6.07, 6.45) is 2.76. The van der Waals surface area contributed by atoms with Crippen LogP contribution in [0.3, 0.4) is 0 Å². The highest BCUT2D eigenvalue weighted by Gasteiger charge is 2.18. The van der Waals surface area contributed by atoms with Crippen molar-refractivity contribution in [1.29, 1.82) is 0 Å². The molecule has 0 fully saturated rings. The van der Waals surface area contributed by atoms with E-state index in [0.29, 0.717) is 11.3 Å². The zero-order valence-corrected chi connectivity index (χ0v) is 10.5. The quantitative estimate of drug-likeness (QED) is 0.827. The molecular weight excluding hydrogens is 256 g/mol. The van der Waals surface area contributed by atoms with Crippen LogP contribution < -0.4 is 4.74 Å². The summed E-state index contributed by atoms with van der Waals surface area (Å²) in [5.74, 6) is 0.576. The van der Waals surface area contributed by atoms with E-state index >= 15 is 0 Å². The third kappa shape index (κ3) is 2.69. The highest BCUT2D eigenvalue weighted by molar-refractivity contribution is 7.86. The standard InChI is InChI=1S/C11H12N2O4S/c1-16-10-5-3-2-4-9(10)8-17-18(14,15)11-12-6-7-13-11/h2-7H,8H2,1H3,(H,12,13). The molecule has 0 aliphatic carbocycles. The van der Waals surface area contributed by atoms with Gasteiger partial charge in [-0.25, -0.2) is 4.98 Å². The lowest BCUT2D eigenvalue weighted by molar-refractivity contribution is 0.296. The molecule has 0 amide bonds. The second-order valence-corrected chi connectivity index (χ2v) is 4.95. The smallest absolute Gasteiger partial charge is 0.331 e. The third-order valence-corrected chi connectivity index (χ3v) is 3.40. The number of ether oxygens (including phenoxy) is 1. The van der Waals surface area contributed by atoms with Crippen LogP contribution in [0.15, 0.2) is 41.8 Å². The van der Waals surface area contributed by atoms with Crippen LogP contribution in [0.5, 0.6) is 5.75 Å². The van der Waals surface area contributed by atoms with Crippen LogP contribution in [0.25, 0.3) is 0 Å². The summed E-state index contributed by atoms with van der Waals surface area (Å²) >= 11 is 0. The van der Waals surface area contributed by atoms with Gasteiger partial charge in [0.05, 0.1) is 13.7 Å². The molecule has 0 spiro atoms. The van der Waals surface area contributed by atoms with Gasteiger partial charge in [-0.1, -0.05) is 18.2 Å². The van der Waals surface area contributed by atoms with Gasteiger partial charge in [-0.05, 0) is 6.07 Å². The van der Waals surface area contributed by atoms with Crippen molar-refractivity contribution in [2.24, 2.45) is 0 Å². The Balaban J connectivity index is 2.13. The Bertz CT molecular complexity index is 608. The van der Waals surface area contributed by atoms with Gasteiger partial charge in [-0.15, -0.1) is 0 Å². The molecule has 96 valence electrons. The van der Waals surface area contributed by atoms with Gasteiger partial charge in [0.15, 0.2) is 0 Å². The van der Waals surface area contributed by atoms with Crippen molar-refractivity contribution in [3.8, 4) is 5.75 Å². The molecule has 2 rings (SSSR count). The summed E-state index contributed by atoms with van der Waals surface area (Å²) in [5, 5.41) is -0.211. The molecule has 0 radical (unpaired) electrons. The van der Waals surface area contributed by atoms with E-state index in [1.807, 2.05) is 0 Å². The molecule has 0 aliphatic heterocycles. The molecule has 7 heteroatoms. The first-order valence-corrected chi connectivity index (χ1v) is 6.55. The minimum Gasteiger partial charge on any atom is -0.496 e. The van der Waals surface area contributed by atoms with Gasteiger partial charge in [0.1, 0.15) is 5.75 Å². The Morgan fingerprint density at radius 1 is 1.33 bits per heavy atom. The van der Waals surface area contributed by atoms with Crippen molar-refractivity contribution in [2.45, 2.75) is 11.8 Å². The lowest BCUT2D eigenvalue weighted by Crippen LogP contribution is -2.08. The van der Waals surface area contributed by atoms with E-state index in [1.54, 1.807) is 24.3 Å². The number of aromatic amines is 1. The van der Waals surface area contributed by atoms with E-state index in [4.69, 9.17) is 8.92 Å². The average Bonchev–Trinajstić information content (AvgIpc) is 2.91. The topological polar surface area (TPSA) is 81.3 Å². The number of aromatic nitrogens is 2. The molecule has 18 heavy (non-hydrogen) atoms. The third-order valence-electron chi connectivity index (χ3n) is 2.27. The summed E-state index contributed by atoms with van der Waals surface area (Å²) in [6, 6.07) is 7.04. The molecular formula is C11H12N2O4S. The van der Waals surface area contributed by atoms with Gasteiger partial charge in [0.25, 0.3) is 5.16 Å². The van der Waals surface area contributed by atoms with Crippen molar-refractivity contribution < 1.29 is 17.3 Å². The normalized spacial score (nSPS) is 11.4. The Labute approximate surface area is 105 Å².